The highest BCUT2D eigenvalue weighted by atomic mass is 32.2. The fourth-order valence-electron chi connectivity index (χ4n) is 3.70. The molecule has 0 spiro atoms. The van der Waals surface area contributed by atoms with Crippen molar-refractivity contribution in [2.75, 3.05) is 45.8 Å². The number of nitrogens with zero attached hydrogens (tertiary/aromatic N) is 2. The number of benzene rings is 1. The molecule has 0 saturated carbocycles. The summed E-state index contributed by atoms with van der Waals surface area (Å²) in [4.78, 5) is 17.1. The van der Waals surface area contributed by atoms with Crippen LogP contribution in [0.25, 0.3) is 0 Å². The monoisotopic (exact) mass is 454 g/mol. The number of hydrogen-bond acceptors (Lipinski definition) is 6. The maximum absolute atomic E-state index is 12.0. The summed E-state index contributed by atoms with van der Waals surface area (Å²) in [6.07, 6.45) is 6.94. The summed E-state index contributed by atoms with van der Waals surface area (Å²) in [5.41, 5.74) is 0.983. The molecule has 176 valence electrons. The van der Waals surface area contributed by atoms with Crippen LogP contribution in [0.15, 0.2) is 24.3 Å². The van der Waals surface area contributed by atoms with Gasteiger partial charge in [0.25, 0.3) is 0 Å². The van der Waals surface area contributed by atoms with Crippen LogP contribution < -0.4 is 14.6 Å². The van der Waals surface area contributed by atoms with Crippen LogP contribution in [0.1, 0.15) is 51.0 Å². The molecule has 1 aromatic carbocycles. The summed E-state index contributed by atoms with van der Waals surface area (Å²) in [5, 5.41) is 7.78. The van der Waals surface area contributed by atoms with E-state index < -0.39 is 10.3 Å². The molecule has 8 nitrogen and oxygen atoms in total. The summed E-state index contributed by atoms with van der Waals surface area (Å²) >= 11 is 0. The molecule has 1 heterocycles. The van der Waals surface area contributed by atoms with Crippen LogP contribution in [0.3, 0.4) is 0 Å². The standard InChI is InChI=1S/C22H38N4O4S/c1-2-3-14-25-16-18-26(19-17-25)15-6-4-5-7-22(27)24-13-12-20-8-10-21(11-9-20)30-31(23,28)29/h8-11H,2-7,12-19H2,1H3,(H,24,27)(H2,23,28,29). The molecule has 0 unspecified atom stereocenters. The third-order valence-electron chi connectivity index (χ3n) is 5.54. The Hall–Kier alpha value is -1.68. The summed E-state index contributed by atoms with van der Waals surface area (Å²) in [7, 11) is -4.01. The molecule has 1 amide bonds. The lowest BCUT2D eigenvalue weighted by molar-refractivity contribution is -0.121. The van der Waals surface area contributed by atoms with Crippen LogP contribution in [0.2, 0.25) is 0 Å². The summed E-state index contributed by atoms with van der Waals surface area (Å²) in [5.74, 6) is 0.257. The normalized spacial score (nSPS) is 15.7. The Bertz CT molecular complexity index is 747. The van der Waals surface area contributed by atoms with E-state index in [-0.39, 0.29) is 11.7 Å². The molecule has 31 heavy (non-hydrogen) atoms. The second kappa shape index (κ2) is 13.7. The summed E-state index contributed by atoms with van der Waals surface area (Å²) in [6, 6.07) is 6.62. The third kappa shape index (κ3) is 11.5. The van der Waals surface area contributed by atoms with Crippen LogP contribution in [-0.4, -0.2) is 69.9 Å². The lowest BCUT2D eigenvalue weighted by atomic mass is 10.1. The van der Waals surface area contributed by atoms with Crippen LogP contribution >= 0.6 is 0 Å². The molecule has 1 saturated heterocycles. The maximum atomic E-state index is 12.0. The fourth-order valence-corrected chi connectivity index (χ4v) is 4.08. The van der Waals surface area contributed by atoms with E-state index in [1.807, 2.05) is 0 Å². The zero-order chi connectivity index (χ0) is 22.5. The Morgan fingerprint density at radius 2 is 1.61 bits per heavy atom. The van der Waals surface area contributed by atoms with Crippen LogP contribution in [0, 0.1) is 0 Å². The highest BCUT2D eigenvalue weighted by Gasteiger charge is 2.15. The van der Waals surface area contributed by atoms with Crippen molar-refractivity contribution in [2.45, 2.75) is 51.9 Å². The SMILES string of the molecule is CCCCN1CCN(CCCCCC(=O)NCCc2ccc(OS(N)(=O)=O)cc2)CC1. The molecule has 0 aliphatic carbocycles. The number of rotatable bonds is 14. The van der Waals surface area contributed by atoms with Gasteiger partial charge in [-0.2, -0.15) is 13.6 Å². The van der Waals surface area contributed by atoms with E-state index in [1.54, 1.807) is 24.3 Å². The molecule has 0 atom stereocenters. The van der Waals surface area contributed by atoms with Gasteiger partial charge in [-0.15, -0.1) is 0 Å². The second-order valence-electron chi connectivity index (χ2n) is 8.17. The van der Waals surface area contributed by atoms with E-state index in [9.17, 15) is 13.2 Å². The van der Waals surface area contributed by atoms with Crippen LogP contribution in [-0.2, 0) is 21.5 Å². The van der Waals surface area contributed by atoms with E-state index >= 15 is 0 Å². The first-order valence-corrected chi connectivity index (χ1v) is 12.9. The average molecular weight is 455 g/mol. The van der Waals surface area contributed by atoms with E-state index in [4.69, 9.17) is 5.14 Å². The van der Waals surface area contributed by atoms with E-state index in [0.717, 1.165) is 31.4 Å². The molecule has 1 aliphatic heterocycles. The molecular weight excluding hydrogens is 416 g/mol. The summed E-state index contributed by atoms with van der Waals surface area (Å²) < 4.78 is 26.4. The summed E-state index contributed by atoms with van der Waals surface area (Å²) in [6.45, 7) is 9.86. The Kier molecular flexibility index (Phi) is 11.3. The van der Waals surface area contributed by atoms with Crippen molar-refractivity contribution in [3.8, 4) is 5.75 Å². The molecule has 0 aromatic heterocycles. The number of nitrogens with one attached hydrogen (secondary N) is 1. The molecule has 3 N–H and O–H groups in total. The van der Waals surface area contributed by atoms with Gasteiger partial charge in [-0.05, 0) is 56.5 Å². The third-order valence-corrected chi connectivity index (χ3v) is 5.97. The number of unbranched alkanes of at least 4 members (excludes halogenated alkanes) is 3. The van der Waals surface area contributed by atoms with Gasteiger partial charge in [-0.1, -0.05) is 31.9 Å². The Balaban J connectivity index is 1.48. The van der Waals surface area contributed by atoms with Gasteiger partial charge in [0, 0.05) is 39.1 Å². The Morgan fingerprint density at radius 1 is 1.00 bits per heavy atom. The number of piperazine rings is 1. The van der Waals surface area contributed by atoms with Crippen molar-refractivity contribution in [2.24, 2.45) is 5.14 Å². The first-order chi connectivity index (χ1) is 14.9. The van der Waals surface area contributed by atoms with Gasteiger partial charge < -0.3 is 19.3 Å². The number of nitrogens with two attached hydrogens (primary N) is 1. The van der Waals surface area contributed by atoms with Gasteiger partial charge in [0.2, 0.25) is 5.91 Å². The second-order valence-corrected chi connectivity index (χ2v) is 9.32. The fraction of sp³-hybridized carbons (Fsp3) is 0.682. The Labute approximate surface area is 187 Å². The molecule has 0 radical (unpaired) electrons. The highest BCUT2D eigenvalue weighted by Crippen LogP contribution is 2.13. The largest absolute Gasteiger partial charge is 0.380 e. The van der Waals surface area contributed by atoms with E-state index in [1.165, 1.54) is 45.6 Å². The molecule has 1 fully saturated rings. The minimum Gasteiger partial charge on any atom is -0.371 e. The number of hydrogen-bond donors (Lipinski definition) is 2. The van der Waals surface area contributed by atoms with E-state index in [0.29, 0.717) is 19.4 Å². The van der Waals surface area contributed by atoms with Gasteiger partial charge in [-0.3, -0.25) is 4.79 Å². The number of amides is 1. The minimum absolute atomic E-state index is 0.0821. The highest BCUT2D eigenvalue weighted by molar-refractivity contribution is 7.84. The van der Waals surface area contributed by atoms with Gasteiger partial charge in [0.05, 0.1) is 0 Å². The molecule has 1 aromatic rings. The first-order valence-electron chi connectivity index (χ1n) is 11.4. The minimum atomic E-state index is -4.01. The van der Waals surface area contributed by atoms with Crippen LogP contribution in [0.5, 0.6) is 5.75 Å². The van der Waals surface area contributed by atoms with Crippen molar-refractivity contribution in [3.05, 3.63) is 29.8 Å². The molecular formula is C22H38N4O4S. The predicted molar refractivity (Wildman–Crippen MR) is 123 cm³/mol. The van der Waals surface area contributed by atoms with Crippen molar-refractivity contribution < 1.29 is 17.4 Å². The van der Waals surface area contributed by atoms with Crippen molar-refractivity contribution in [3.63, 3.8) is 0 Å². The number of carbonyl (C=O) groups is 1. The lowest BCUT2D eigenvalue weighted by Gasteiger charge is -2.34. The smallest absolute Gasteiger partial charge is 0.371 e. The average Bonchev–Trinajstić information content (AvgIpc) is 2.73. The molecule has 9 heteroatoms. The van der Waals surface area contributed by atoms with Gasteiger partial charge in [-0.25, -0.2) is 0 Å². The van der Waals surface area contributed by atoms with E-state index in [2.05, 4.69) is 26.2 Å². The topological polar surface area (TPSA) is 105 Å². The molecule has 2 rings (SSSR count). The zero-order valence-electron chi connectivity index (χ0n) is 18.7. The zero-order valence-corrected chi connectivity index (χ0v) is 19.5. The van der Waals surface area contributed by atoms with Crippen molar-refractivity contribution in [1.82, 2.24) is 15.1 Å². The van der Waals surface area contributed by atoms with Crippen LogP contribution in [0.4, 0.5) is 0 Å². The van der Waals surface area contributed by atoms with Crippen molar-refractivity contribution in [1.29, 1.82) is 0 Å². The predicted octanol–water partition coefficient (Wildman–Crippen LogP) is 1.91. The van der Waals surface area contributed by atoms with Gasteiger partial charge in [0.1, 0.15) is 5.75 Å². The molecule has 0 bridgehead atoms. The van der Waals surface area contributed by atoms with Gasteiger partial charge in [0.15, 0.2) is 0 Å². The maximum Gasteiger partial charge on any atom is 0.380 e. The van der Waals surface area contributed by atoms with Gasteiger partial charge >= 0.3 is 10.3 Å². The molecule has 1 aliphatic rings. The first kappa shape index (κ1) is 25.6. The number of carbonyl (C=O) groups excluding carboxylic acids is 1. The lowest BCUT2D eigenvalue weighted by Crippen LogP contribution is -2.46. The Morgan fingerprint density at radius 3 is 2.19 bits per heavy atom. The quantitative estimate of drug-likeness (QED) is 0.416. The van der Waals surface area contributed by atoms with Crippen molar-refractivity contribution >= 4 is 16.2 Å².